The Kier molecular flexibility index (Phi) is 6.92. The van der Waals surface area contributed by atoms with Crippen LogP contribution in [0, 0.1) is 0 Å². The Morgan fingerprint density at radius 3 is 2.66 bits per heavy atom. The molecule has 3 heterocycles. The number of nitrogens with one attached hydrogen (secondary N) is 2. The smallest absolute Gasteiger partial charge is 0.291 e. The van der Waals surface area contributed by atoms with Crippen LogP contribution in [0.5, 0.6) is 0 Å². The first-order valence-electron chi connectivity index (χ1n) is 12.2. The number of likely N-dealkylation sites (tertiary alicyclic amines) is 1. The van der Waals surface area contributed by atoms with Crippen molar-refractivity contribution in [2.45, 2.75) is 44.6 Å². The van der Waals surface area contributed by atoms with Gasteiger partial charge >= 0.3 is 0 Å². The highest BCUT2D eigenvalue weighted by Gasteiger charge is 2.24. The average molecular weight is 495 g/mol. The van der Waals surface area contributed by atoms with Crippen LogP contribution < -0.4 is 10.6 Å². The molecule has 0 bridgehead atoms. The van der Waals surface area contributed by atoms with Crippen LogP contribution in [0.15, 0.2) is 41.1 Å². The number of aromatic nitrogens is 2. The number of anilines is 4. The number of amides is 1. The largest absolute Gasteiger partial charge is 0.457 e. The van der Waals surface area contributed by atoms with E-state index in [1.807, 2.05) is 0 Å². The maximum atomic E-state index is 12.4. The summed E-state index contributed by atoms with van der Waals surface area (Å²) in [6.45, 7) is 2.50. The molecule has 1 fully saturated rings. The van der Waals surface area contributed by atoms with Crippen LogP contribution in [-0.4, -0.2) is 58.9 Å². The van der Waals surface area contributed by atoms with Crippen molar-refractivity contribution in [1.29, 1.82) is 0 Å². The highest BCUT2D eigenvalue weighted by molar-refractivity contribution is 6.33. The molecule has 2 aromatic heterocycles. The van der Waals surface area contributed by atoms with E-state index in [0.717, 1.165) is 18.5 Å². The Morgan fingerprint density at radius 2 is 1.89 bits per heavy atom. The van der Waals surface area contributed by atoms with Gasteiger partial charge in [-0.15, -0.1) is 0 Å². The average Bonchev–Trinajstić information content (AvgIpc) is 3.50. The molecule has 184 valence electrons. The molecule has 1 saturated heterocycles. The summed E-state index contributed by atoms with van der Waals surface area (Å²) in [6, 6.07) is 8.90. The monoisotopic (exact) mass is 494 g/mol. The van der Waals surface area contributed by atoms with Crippen molar-refractivity contribution >= 4 is 40.6 Å². The van der Waals surface area contributed by atoms with Gasteiger partial charge in [0.1, 0.15) is 5.02 Å². The first-order chi connectivity index (χ1) is 17.0. The lowest BCUT2D eigenvalue weighted by Gasteiger charge is -2.25. The van der Waals surface area contributed by atoms with E-state index in [1.165, 1.54) is 67.3 Å². The van der Waals surface area contributed by atoms with Crippen molar-refractivity contribution in [3.8, 4) is 0 Å². The number of nitrogens with zero attached hydrogens (tertiary/aromatic N) is 4. The van der Waals surface area contributed by atoms with Gasteiger partial charge in [0.05, 0.1) is 18.1 Å². The summed E-state index contributed by atoms with van der Waals surface area (Å²) in [5.74, 6) is 0.751. The van der Waals surface area contributed by atoms with Gasteiger partial charge in [-0.25, -0.2) is 4.98 Å². The number of carbonyl (C=O) groups excluding carboxylic acids is 1. The summed E-state index contributed by atoms with van der Waals surface area (Å²) >= 11 is 6.35. The third-order valence-electron chi connectivity index (χ3n) is 6.88. The van der Waals surface area contributed by atoms with Crippen molar-refractivity contribution < 1.29 is 9.21 Å². The molecule has 2 aliphatic rings. The van der Waals surface area contributed by atoms with Gasteiger partial charge < -0.3 is 24.9 Å². The zero-order valence-corrected chi connectivity index (χ0v) is 20.9. The van der Waals surface area contributed by atoms with Crippen LogP contribution in [0.4, 0.5) is 23.1 Å². The molecule has 1 aliphatic heterocycles. The molecular formula is C26H31ClN6O2. The van der Waals surface area contributed by atoms with E-state index in [-0.39, 0.29) is 11.7 Å². The SMILES string of the molecule is CN(C)C(=O)c1occc1Nc1nc(Nc2ccc3c(c2)CCC(N2CCCC2)CC3)ncc1Cl. The van der Waals surface area contributed by atoms with E-state index < -0.39 is 0 Å². The molecule has 0 radical (unpaired) electrons. The van der Waals surface area contributed by atoms with Gasteiger partial charge in [0, 0.05) is 31.9 Å². The number of carbonyl (C=O) groups is 1. The second-order valence-electron chi connectivity index (χ2n) is 9.46. The lowest BCUT2D eigenvalue weighted by Crippen LogP contribution is -2.32. The fourth-order valence-electron chi connectivity index (χ4n) is 4.99. The first-order valence-corrected chi connectivity index (χ1v) is 12.6. The summed E-state index contributed by atoms with van der Waals surface area (Å²) in [6.07, 6.45) is 10.3. The molecule has 8 nitrogen and oxygen atoms in total. The molecule has 1 aliphatic carbocycles. The van der Waals surface area contributed by atoms with Crippen LogP contribution in [0.2, 0.25) is 5.02 Å². The Labute approximate surface area is 210 Å². The summed E-state index contributed by atoms with van der Waals surface area (Å²) in [5, 5.41) is 6.76. The van der Waals surface area contributed by atoms with Crippen molar-refractivity contribution in [2.24, 2.45) is 0 Å². The minimum Gasteiger partial charge on any atom is -0.457 e. The number of furan rings is 1. The highest BCUT2D eigenvalue weighted by atomic mass is 35.5. The third kappa shape index (κ3) is 5.28. The summed E-state index contributed by atoms with van der Waals surface area (Å²) in [5.41, 5.74) is 4.28. The third-order valence-corrected chi connectivity index (χ3v) is 7.15. The first kappa shape index (κ1) is 23.6. The summed E-state index contributed by atoms with van der Waals surface area (Å²) in [7, 11) is 3.34. The van der Waals surface area contributed by atoms with Crippen LogP contribution in [0.25, 0.3) is 0 Å². The highest BCUT2D eigenvalue weighted by Crippen LogP contribution is 2.30. The van der Waals surface area contributed by atoms with Crippen molar-refractivity contribution in [1.82, 2.24) is 19.8 Å². The molecule has 35 heavy (non-hydrogen) atoms. The molecule has 1 aromatic carbocycles. The fourth-order valence-corrected chi connectivity index (χ4v) is 5.13. The van der Waals surface area contributed by atoms with E-state index in [2.05, 4.69) is 43.7 Å². The van der Waals surface area contributed by atoms with E-state index in [4.69, 9.17) is 16.0 Å². The number of hydrogen-bond donors (Lipinski definition) is 2. The standard InChI is InChI=1S/C26H31ClN6O2/c1-32(2)25(34)23-22(11-14-35-23)30-24-21(27)16-28-26(31-24)29-19-8-5-17-6-9-20(10-7-18(17)15-19)33-12-3-4-13-33/h5,8,11,14-16,20H,3-4,6-7,9-10,12-13H2,1-2H3,(H2,28,29,30,31). The van der Waals surface area contributed by atoms with Gasteiger partial charge in [0.2, 0.25) is 11.7 Å². The number of aryl methyl sites for hydroxylation is 2. The number of fused-ring (bicyclic) bond motifs is 1. The Balaban J connectivity index is 1.30. The normalized spacial score (nSPS) is 18.1. The molecule has 2 N–H and O–H groups in total. The number of hydrogen-bond acceptors (Lipinski definition) is 7. The molecule has 0 saturated carbocycles. The molecular weight excluding hydrogens is 464 g/mol. The predicted molar refractivity (Wildman–Crippen MR) is 138 cm³/mol. The van der Waals surface area contributed by atoms with E-state index in [1.54, 1.807) is 20.2 Å². The maximum absolute atomic E-state index is 12.4. The minimum absolute atomic E-state index is 0.192. The number of rotatable bonds is 6. The van der Waals surface area contributed by atoms with E-state index in [9.17, 15) is 4.79 Å². The second-order valence-corrected chi connectivity index (χ2v) is 9.87. The molecule has 0 spiro atoms. The quantitative estimate of drug-likeness (QED) is 0.452. The van der Waals surface area contributed by atoms with E-state index >= 15 is 0 Å². The van der Waals surface area contributed by atoms with Gasteiger partial charge in [-0.3, -0.25) is 4.79 Å². The molecule has 5 rings (SSSR count). The lowest BCUT2D eigenvalue weighted by atomic mass is 10.0. The Bertz CT molecular complexity index is 1200. The van der Waals surface area contributed by atoms with Crippen LogP contribution >= 0.6 is 11.6 Å². The molecule has 3 aromatic rings. The zero-order chi connectivity index (χ0) is 24.4. The minimum atomic E-state index is -0.252. The van der Waals surface area contributed by atoms with Gasteiger partial charge in [0.15, 0.2) is 5.82 Å². The fraction of sp³-hybridized carbons (Fsp3) is 0.423. The summed E-state index contributed by atoms with van der Waals surface area (Å²) < 4.78 is 5.37. The van der Waals surface area contributed by atoms with Crippen LogP contribution in [0.3, 0.4) is 0 Å². The zero-order valence-electron chi connectivity index (χ0n) is 20.2. The Morgan fingerprint density at radius 1 is 1.11 bits per heavy atom. The van der Waals surface area contributed by atoms with Crippen LogP contribution in [0.1, 0.15) is 47.4 Å². The lowest BCUT2D eigenvalue weighted by molar-refractivity contribution is 0.0798. The van der Waals surface area contributed by atoms with Gasteiger partial charge in [0.25, 0.3) is 5.91 Å². The van der Waals surface area contributed by atoms with Gasteiger partial charge in [-0.05, 0) is 74.9 Å². The van der Waals surface area contributed by atoms with E-state index in [0.29, 0.717) is 28.5 Å². The van der Waals surface area contributed by atoms with Gasteiger partial charge in [-0.2, -0.15) is 4.98 Å². The van der Waals surface area contributed by atoms with Gasteiger partial charge in [-0.1, -0.05) is 17.7 Å². The van der Waals surface area contributed by atoms with Crippen molar-refractivity contribution in [2.75, 3.05) is 37.8 Å². The second kappa shape index (κ2) is 10.3. The molecule has 1 unspecified atom stereocenters. The van der Waals surface area contributed by atoms with Crippen molar-refractivity contribution in [3.05, 3.63) is 58.6 Å². The van der Waals surface area contributed by atoms with Crippen molar-refractivity contribution in [3.63, 3.8) is 0 Å². The molecule has 1 atom stereocenters. The summed E-state index contributed by atoms with van der Waals surface area (Å²) in [4.78, 5) is 25.4. The van der Waals surface area contributed by atoms with Crippen LogP contribution in [-0.2, 0) is 12.8 Å². The predicted octanol–water partition coefficient (Wildman–Crippen LogP) is 5.26. The molecule has 9 heteroatoms. The number of halogens is 1. The molecule has 1 amide bonds. The Hall–Kier alpha value is -3.10. The number of benzene rings is 1. The topological polar surface area (TPSA) is 86.5 Å². The maximum Gasteiger partial charge on any atom is 0.291 e.